The summed E-state index contributed by atoms with van der Waals surface area (Å²) in [5, 5.41) is 2.19. The van der Waals surface area contributed by atoms with E-state index < -0.39 is 5.91 Å². The highest BCUT2D eigenvalue weighted by molar-refractivity contribution is 6.10. The number of piperazine rings is 1. The van der Waals surface area contributed by atoms with Crippen molar-refractivity contribution in [2.45, 2.75) is 54.4 Å². The van der Waals surface area contributed by atoms with Gasteiger partial charge in [0.25, 0.3) is 5.91 Å². The maximum absolute atomic E-state index is 12.8. The van der Waals surface area contributed by atoms with Crippen molar-refractivity contribution in [3.05, 3.63) is 41.0 Å². The third-order valence-corrected chi connectivity index (χ3v) is 5.51. The van der Waals surface area contributed by atoms with Gasteiger partial charge in [-0.1, -0.05) is 27.7 Å². The first-order valence-electron chi connectivity index (χ1n) is 12.4. The largest absolute Gasteiger partial charge is 0.493 e. The van der Waals surface area contributed by atoms with E-state index in [0.717, 1.165) is 57.1 Å². The van der Waals surface area contributed by atoms with E-state index in [9.17, 15) is 4.79 Å². The van der Waals surface area contributed by atoms with Crippen molar-refractivity contribution in [1.82, 2.24) is 19.9 Å². The van der Waals surface area contributed by atoms with Gasteiger partial charge in [-0.25, -0.2) is 9.99 Å². The molecule has 1 aliphatic rings. The zero-order valence-electron chi connectivity index (χ0n) is 21.6. The molecule has 0 atom stereocenters. The standard InChI is InChI=1S/C23H35N7O2.C2H6/c1-5-8-20-25-16(4)21(26-20)23(31)27-22(24)18-15-17(9-10-19(18)32-7-3)28-30-13-11-29(6-2)12-14-30;1-2/h9-10,15,28H,5-8,11-14H2,1-4H3,(H,25,26)(H2,24,27,31);1-2H3. The average Bonchev–Trinajstić information content (AvgIpc) is 3.22. The van der Waals surface area contributed by atoms with E-state index >= 15 is 0 Å². The summed E-state index contributed by atoms with van der Waals surface area (Å²) in [5.41, 5.74) is 12.2. The van der Waals surface area contributed by atoms with E-state index in [1.165, 1.54) is 0 Å². The number of imidazole rings is 1. The first kappa shape index (κ1) is 27.3. The lowest BCUT2D eigenvalue weighted by molar-refractivity contribution is 0.0998. The molecule has 9 nitrogen and oxygen atoms in total. The van der Waals surface area contributed by atoms with Crippen LogP contribution in [-0.4, -0.2) is 71.0 Å². The molecule has 0 aliphatic carbocycles. The number of hydrogen-bond acceptors (Lipinski definition) is 6. The molecule has 1 aromatic heterocycles. The molecule has 1 aliphatic heterocycles. The molecular formula is C25H41N7O2. The third kappa shape index (κ3) is 7.30. The van der Waals surface area contributed by atoms with Gasteiger partial charge in [-0.05, 0) is 45.0 Å². The third-order valence-electron chi connectivity index (χ3n) is 5.51. The minimum atomic E-state index is -0.463. The molecular weight excluding hydrogens is 430 g/mol. The monoisotopic (exact) mass is 471 g/mol. The number of H-pyrrole nitrogens is 1. The summed E-state index contributed by atoms with van der Waals surface area (Å²) >= 11 is 0. The van der Waals surface area contributed by atoms with Crippen molar-refractivity contribution >= 4 is 17.4 Å². The first-order valence-corrected chi connectivity index (χ1v) is 12.4. The number of amidine groups is 1. The van der Waals surface area contributed by atoms with Crippen molar-refractivity contribution < 1.29 is 9.53 Å². The maximum atomic E-state index is 12.8. The van der Waals surface area contributed by atoms with Crippen LogP contribution in [0.1, 0.15) is 68.6 Å². The highest BCUT2D eigenvalue weighted by atomic mass is 16.5. The fourth-order valence-corrected chi connectivity index (χ4v) is 3.75. The second-order valence-corrected chi connectivity index (χ2v) is 7.89. The fourth-order valence-electron chi connectivity index (χ4n) is 3.75. The van der Waals surface area contributed by atoms with E-state index in [0.29, 0.717) is 29.3 Å². The molecule has 9 heteroatoms. The Balaban J connectivity index is 0.00000199. The van der Waals surface area contributed by atoms with Gasteiger partial charge < -0.3 is 25.8 Å². The fraction of sp³-hybridized carbons (Fsp3) is 0.560. The van der Waals surface area contributed by atoms with Crippen LogP contribution >= 0.6 is 0 Å². The van der Waals surface area contributed by atoms with E-state index in [-0.39, 0.29) is 5.84 Å². The Kier molecular flexibility index (Phi) is 11.0. The molecule has 0 bridgehead atoms. The molecule has 4 N–H and O–H groups in total. The van der Waals surface area contributed by atoms with Gasteiger partial charge in [0.2, 0.25) is 0 Å². The number of carbonyl (C=O) groups excluding carboxylic acids is 1. The Morgan fingerprint density at radius 2 is 1.91 bits per heavy atom. The molecule has 2 aromatic rings. The number of carbonyl (C=O) groups is 1. The molecule has 2 heterocycles. The van der Waals surface area contributed by atoms with Gasteiger partial charge in [0.05, 0.1) is 12.2 Å². The molecule has 1 aromatic carbocycles. The van der Waals surface area contributed by atoms with E-state index in [2.05, 4.69) is 44.1 Å². The van der Waals surface area contributed by atoms with Gasteiger partial charge >= 0.3 is 0 Å². The zero-order valence-corrected chi connectivity index (χ0v) is 21.6. The number of nitrogens with one attached hydrogen (secondary N) is 2. The number of likely N-dealkylation sites (N-methyl/N-ethyl adjacent to an activating group) is 1. The van der Waals surface area contributed by atoms with Crippen LogP contribution in [0.2, 0.25) is 0 Å². The zero-order chi connectivity index (χ0) is 25.1. The number of amides is 1. The number of anilines is 1. The molecule has 188 valence electrons. The Bertz CT molecular complexity index is 947. The molecule has 0 saturated carbocycles. The number of nitrogens with zero attached hydrogens (tertiary/aromatic N) is 4. The number of aryl methyl sites for hydroxylation is 2. The normalized spacial score (nSPS) is 14.9. The number of aliphatic imine (C=N–C) groups is 1. The Hall–Kier alpha value is -2.91. The summed E-state index contributed by atoms with van der Waals surface area (Å²) < 4.78 is 5.74. The predicted octanol–water partition coefficient (Wildman–Crippen LogP) is 3.61. The second-order valence-electron chi connectivity index (χ2n) is 7.89. The number of aromatic nitrogens is 2. The van der Waals surface area contributed by atoms with Crippen LogP contribution in [0.4, 0.5) is 5.69 Å². The van der Waals surface area contributed by atoms with E-state index in [1.807, 2.05) is 45.9 Å². The second kappa shape index (κ2) is 13.7. The molecule has 3 rings (SSSR count). The lowest BCUT2D eigenvalue weighted by atomic mass is 10.1. The van der Waals surface area contributed by atoms with Crippen LogP contribution in [0.3, 0.4) is 0 Å². The van der Waals surface area contributed by atoms with Crippen molar-refractivity contribution in [3.8, 4) is 5.75 Å². The summed E-state index contributed by atoms with van der Waals surface area (Å²) in [6.45, 7) is 17.4. The number of nitrogens with two attached hydrogens (primary N) is 1. The summed E-state index contributed by atoms with van der Waals surface area (Å²) in [5.74, 6) is 1.02. The molecule has 0 radical (unpaired) electrons. The number of hydrogen-bond donors (Lipinski definition) is 3. The summed E-state index contributed by atoms with van der Waals surface area (Å²) in [6, 6.07) is 5.68. The van der Waals surface area contributed by atoms with Crippen molar-refractivity contribution in [3.63, 3.8) is 0 Å². The van der Waals surface area contributed by atoms with Crippen LogP contribution in [-0.2, 0) is 6.42 Å². The van der Waals surface area contributed by atoms with Gasteiger partial charge in [-0.2, -0.15) is 4.99 Å². The van der Waals surface area contributed by atoms with Crippen molar-refractivity contribution in [1.29, 1.82) is 0 Å². The van der Waals surface area contributed by atoms with Gasteiger partial charge in [0.15, 0.2) is 5.69 Å². The summed E-state index contributed by atoms with van der Waals surface area (Å²) in [6.07, 6.45) is 1.72. The Morgan fingerprint density at radius 3 is 2.53 bits per heavy atom. The Labute approximate surface area is 203 Å². The van der Waals surface area contributed by atoms with Gasteiger partial charge in [0.1, 0.15) is 17.4 Å². The quantitative estimate of drug-likeness (QED) is 0.378. The lowest BCUT2D eigenvalue weighted by Crippen LogP contribution is -2.48. The maximum Gasteiger partial charge on any atom is 0.299 e. The summed E-state index contributed by atoms with van der Waals surface area (Å²) in [7, 11) is 0. The van der Waals surface area contributed by atoms with E-state index in [4.69, 9.17) is 10.5 Å². The number of hydrazine groups is 1. The minimum Gasteiger partial charge on any atom is -0.493 e. The number of rotatable bonds is 9. The molecule has 0 unspecified atom stereocenters. The molecule has 1 saturated heterocycles. The van der Waals surface area contributed by atoms with Crippen molar-refractivity contribution in [2.75, 3.05) is 44.8 Å². The highest BCUT2D eigenvalue weighted by Gasteiger charge is 2.18. The van der Waals surface area contributed by atoms with Crippen LogP contribution in [0.25, 0.3) is 0 Å². The molecule has 0 spiro atoms. The topological polar surface area (TPSA) is 112 Å². The average molecular weight is 472 g/mol. The number of benzene rings is 1. The molecule has 1 amide bonds. The molecule has 34 heavy (non-hydrogen) atoms. The van der Waals surface area contributed by atoms with Gasteiger partial charge in [-0.3, -0.25) is 4.79 Å². The number of ether oxygens (including phenoxy) is 1. The van der Waals surface area contributed by atoms with Gasteiger partial charge in [0, 0.05) is 44.0 Å². The van der Waals surface area contributed by atoms with Crippen LogP contribution in [0.5, 0.6) is 5.75 Å². The van der Waals surface area contributed by atoms with Crippen molar-refractivity contribution in [2.24, 2.45) is 10.7 Å². The SMILES string of the molecule is CC.CCCc1nc(C(=O)N=C(N)c2cc(NN3CCN(CC)CC3)ccc2OCC)c(C)[nH]1. The molecule has 1 fully saturated rings. The van der Waals surface area contributed by atoms with Crippen LogP contribution < -0.4 is 15.9 Å². The summed E-state index contributed by atoms with van der Waals surface area (Å²) in [4.78, 5) is 26.9. The van der Waals surface area contributed by atoms with Crippen LogP contribution in [0, 0.1) is 6.92 Å². The first-order chi connectivity index (χ1) is 16.4. The van der Waals surface area contributed by atoms with E-state index in [1.54, 1.807) is 0 Å². The van der Waals surface area contributed by atoms with Crippen LogP contribution in [0.15, 0.2) is 23.2 Å². The lowest BCUT2D eigenvalue weighted by Gasteiger charge is -2.34. The number of aromatic amines is 1. The highest BCUT2D eigenvalue weighted by Crippen LogP contribution is 2.24. The van der Waals surface area contributed by atoms with Gasteiger partial charge in [-0.15, -0.1) is 0 Å². The Morgan fingerprint density at radius 1 is 1.21 bits per heavy atom. The predicted molar refractivity (Wildman–Crippen MR) is 139 cm³/mol. The minimum absolute atomic E-state index is 0.109. The smallest absolute Gasteiger partial charge is 0.299 e.